The van der Waals surface area contributed by atoms with Crippen LogP contribution in [0.25, 0.3) is 0 Å². The highest BCUT2D eigenvalue weighted by Gasteiger charge is 2.35. The highest BCUT2D eigenvalue weighted by atomic mass is 32.2. The molecule has 0 amide bonds. The Hall–Kier alpha value is -2.40. The topological polar surface area (TPSA) is 56.6 Å². The van der Waals surface area contributed by atoms with Crippen LogP contribution < -0.4 is 0 Å². The van der Waals surface area contributed by atoms with Crippen LogP contribution in [0.4, 0.5) is 9.18 Å². The van der Waals surface area contributed by atoms with Crippen LogP contribution >= 0.6 is 11.8 Å². The van der Waals surface area contributed by atoms with Gasteiger partial charge in [0.2, 0.25) is 0 Å². The van der Waals surface area contributed by atoms with E-state index >= 15 is 0 Å². The van der Waals surface area contributed by atoms with Gasteiger partial charge in [0, 0.05) is 37.6 Å². The average molecular weight is 484 g/mol. The Morgan fingerprint density at radius 1 is 1.06 bits per heavy atom. The summed E-state index contributed by atoms with van der Waals surface area (Å²) in [6.07, 6.45) is 1.84. The molecule has 0 radical (unpaired) electrons. The summed E-state index contributed by atoms with van der Waals surface area (Å²) in [5.74, 6) is -0.0713. The van der Waals surface area contributed by atoms with Gasteiger partial charge >= 0.3 is 5.30 Å². The van der Waals surface area contributed by atoms with Crippen LogP contribution in [0.2, 0.25) is 0 Å². The zero-order valence-corrected chi connectivity index (χ0v) is 20.9. The van der Waals surface area contributed by atoms with Gasteiger partial charge in [-0.25, -0.2) is 9.18 Å². The Kier molecular flexibility index (Phi) is 9.94. The fourth-order valence-electron chi connectivity index (χ4n) is 4.46. The highest BCUT2D eigenvalue weighted by Crippen LogP contribution is 2.36. The molecule has 0 N–H and O–H groups in total. The number of ether oxygens (including phenoxy) is 1. The van der Waals surface area contributed by atoms with Crippen molar-refractivity contribution >= 4 is 17.1 Å². The molecule has 0 spiro atoms. The number of nitrogens with zero attached hydrogens (tertiary/aromatic N) is 3. The van der Waals surface area contributed by atoms with E-state index in [4.69, 9.17) is 4.74 Å². The molecule has 1 fully saturated rings. The van der Waals surface area contributed by atoms with E-state index in [0.717, 1.165) is 62.9 Å². The number of carbonyl (C=O) groups excluding carboxylic acids is 1. The SMILES string of the molecule is CC(C)C(C#N)(CCCN1CCN(CCOC(=O)Sc2ccc(F)cc2)CC1)c1ccccc1. The molecule has 1 aliphatic rings. The van der Waals surface area contributed by atoms with Crippen molar-refractivity contribution in [2.75, 3.05) is 45.9 Å². The van der Waals surface area contributed by atoms with Gasteiger partial charge in [0.15, 0.2) is 0 Å². The Bertz CT molecular complexity index is 941. The number of nitriles is 1. The smallest absolute Gasteiger partial charge is 0.372 e. The van der Waals surface area contributed by atoms with E-state index in [-0.39, 0.29) is 17.0 Å². The molecular formula is C27H34FN3O2S. The molecule has 1 atom stereocenters. The van der Waals surface area contributed by atoms with Crippen molar-refractivity contribution in [1.82, 2.24) is 9.80 Å². The third-order valence-corrected chi connectivity index (χ3v) is 7.42. The average Bonchev–Trinajstić information content (AvgIpc) is 2.85. The fourth-order valence-corrected chi connectivity index (χ4v) is 5.06. The molecule has 0 aliphatic carbocycles. The first-order valence-electron chi connectivity index (χ1n) is 11.9. The normalized spacial score (nSPS) is 16.7. The summed E-state index contributed by atoms with van der Waals surface area (Å²) in [4.78, 5) is 17.4. The number of thioether (sulfide) groups is 1. The summed E-state index contributed by atoms with van der Waals surface area (Å²) >= 11 is 0.975. The van der Waals surface area contributed by atoms with E-state index in [2.05, 4.69) is 41.8 Å². The minimum atomic E-state index is -0.446. The van der Waals surface area contributed by atoms with Gasteiger partial charge in [0.25, 0.3) is 0 Å². The lowest BCUT2D eigenvalue weighted by atomic mass is 9.70. The van der Waals surface area contributed by atoms with Crippen LogP contribution in [-0.2, 0) is 10.2 Å². The lowest BCUT2D eigenvalue weighted by molar-refractivity contribution is 0.102. The van der Waals surface area contributed by atoms with Gasteiger partial charge in [0.1, 0.15) is 12.4 Å². The molecule has 2 aromatic carbocycles. The van der Waals surface area contributed by atoms with Crippen LogP contribution in [0, 0.1) is 23.1 Å². The molecule has 182 valence electrons. The third-order valence-electron chi connectivity index (χ3n) is 6.63. The van der Waals surface area contributed by atoms with Crippen LogP contribution in [0.3, 0.4) is 0 Å². The van der Waals surface area contributed by atoms with Crippen molar-refractivity contribution in [3.8, 4) is 6.07 Å². The first kappa shape index (κ1) is 26.2. The van der Waals surface area contributed by atoms with Crippen molar-refractivity contribution in [3.63, 3.8) is 0 Å². The molecule has 5 nitrogen and oxygen atoms in total. The number of rotatable bonds is 10. The van der Waals surface area contributed by atoms with Gasteiger partial charge in [-0.2, -0.15) is 5.26 Å². The van der Waals surface area contributed by atoms with E-state index in [1.54, 1.807) is 12.1 Å². The Balaban J connectivity index is 1.35. The standard InChI is InChI=1S/C27H34FN3O2S/c1-22(2)27(21-29,23-7-4-3-5-8-23)13-6-14-30-15-17-31(18-16-30)19-20-33-26(32)34-25-11-9-24(28)10-12-25/h3-5,7-12,22H,6,13-20H2,1-2H3. The number of hydrogen-bond acceptors (Lipinski definition) is 6. The van der Waals surface area contributed by atoms with Gasteiger partial charge in [-0.15, -0.1) is 0 Å². The van der Waals surface area contributed by atoms with Gasteiger partial charge < -0.3 is 9.64 Å². The van der Waals surface area contributed by atoms with Crippen LogP contribution in [0.15, 0.2) is 59.5 Å². The van der Waals surface area contributed by atoms with Crippen LogP contribution in [0.5, 0.6) is 0 Å². The molecule has 1 unspecified atom stereocenters. The molecule has 0 saturated carbocycles. The summed E-state index contributed by atoms with van der Waals surface area (Å²) in [7, 11) is 0. The molecule has 0 aromatic heterocycles. The van der Waals surface area contributed by atoms with E-state index in [1.165, 1.54) is 12.1 Å². The molecular weight excluding hydrogens is 449 g/mol. The minimum absolute atomic E-state index is 0.251. The maximum absolute atomic E-state index is 13.0. The van der Waals surface area contributed by atoms with E-state index in [0.29, 0.717) is 18.0 Å². The first-order valence-corrected chi connectivity index (χ1v) is 12.8. The minimum Gasteiger partial charge on any atom is -0.456 e. The first-order chi connectivity index (χ1) is 16.4. The lowest BCUT2D eigenvalue weighted by Gasteiger charge is -2.36. The summed E-state index contributed by atoms with van der Waals surface area (Å²) in [5, 5.41) is 9.70. The second kappa shape index (κ2) is 12.9. The monoisotopic (exact) mass is 483 g/mol. The van der Waals surface area contributed by atoms with Crippen molar-refractivity contribution in [2.24, 2.45) is 5.92 Å². The lowest BCUT2D eigenvalue weighted by Crippen LogP contribution is -2.47. The third kappa shape index (κ3) is 7.30. The summed E-state index contributed by atoms with van der Waals surface area (Å²) in [6, 6.07) is 18.6. The van der Waals surface area contributed by atoms with E-state index in [1.807, 2.05) is 18.2 Å². The van der Waals surface area contributed by atoms with E-state index < -0.39 is 5.41 Å². The highest BCUT2D eigenvalue weighted by molar-refractivity contribution is 8.13. The van der Waals surface area contributed by atoms with E-state index in [9.17, 15) is 14.4 Å². The second-order valence-corrected chi connectivity index (χ2v) is 10.1. The maximum atomic E-state index is 13.0. The molecule has 34 heavy (non-hydrogen) atoms. The number of halogens is 1. The largest absolute Gasteiger partial charge is 0.456 e. The molecule has 1 heterocycles. The van der Waals surface area contributed by atoms with Crippen molar-refractivity contribution in [2.45, 2.75) is 37.0 Å². The summed E-state index contributed by atoms with van der Waals surface area (Å²) in [6.45, 7) is 10.2. The molecule has 0 bridgehead atoms. The maximum Gasteiger partial charge on any atom is 0.372 e. The number of hydrogen-bond donors (Lipinski definition) is 0. The zero-order valence-electron chi connectivity index (χ0n) is 20.1. The van der Waals surface area contributed by atoms with Gasteiger partial charge in [-0.1, -0.05) is 44.2 Å². The predicted octanol–water partition coefficient (Wildman–Crippen LogP) is 5.57. The molecule has 3 rings (SSSR count). The van der Waals surface area contributed by atoms with Crippen molar-refractivity contribution in [1.29, 1.82) is 5.26 Å². The molecule has 7 heteroatoms. The molecule has 1 saturated heterocycles. The summed E-state index contributed by atoms with van der Waals surface area (Å²) in [5.41, 5.74) is 0.670. The molecule has 2 aromatic rings. The van der Waals surface area contributed by atoms with Gasteiger partial charge in [-0.3, -0.25) is 4.90 Å². The Labute approximate surface area is 206 Å². The number of piperazine rings is 1. The van der Waals surface area contributed by atoms with Crippen LogP contribution in [-0.4, -0.2) is 61.0 Å². The quantitative estimate of drug-likeness (QED) is 0.325. The van der Waals surface area contributed by atoms with Crippen molar-refractivity contribution in [3.05, 3.63) is 66.0 Å². The Morgan fingerprint density at radius 2 is 1.68 bits per heavy atom. The van der Waals surface area contributed by atoms with Gasteiger partial charge in [0.05, 0.1) is 11.5 Å². The predicted molar refractivity (Wildman–Crippen MR) is 134 cm³/mol. The summed E-state index contributed by atoms with van der Waals surface area (Å²) < 4.78 is 18.3. The number of benzene rings is 2. The second-order valence-electron chi connectivity index (χ2n) is 9.05. The van der Waals surface area contributed by atoms with Crippen LogP contribution in [0.1, 0.15) is 32.3 Å². The van der Waals surface area contributed by atoms with Crippen molar-refractivity contribution < 1.29 is 13.9 Å². The Morgan fingerprint density at radius 3 is 2.26 bits per heavy atom. The molecule has 1 aliphatic heterocycles. The van der Waals surface area contributed by atoms with Gasteiger partial charge in [-0.05, 0) is 66.9 Å². The number of carbonyl (C=O) groups is 1. The fraction of sp³-hybridized carbons (Fsp3) is 0.481. The zero-order chi connectivity index (χ0) is 24.4.